The first kappa shape index (κ1) is 12.7. The highest BCUT2D eigenvalue weighted by Crippen LogP contribution is 2.29. The number of hydrogen-bond donors (Lipinski definition) is 0. The van der Waals surface area contributed by atoms with Crippen LogP contribution in [0.4, 0.5) is 0 Å². The first-order valence-corrected chi connectivity index (χ1v) is 6.57. The monoisotopic (exact) mass is 253 g/mol. The van der Waals surface area contributed by atoms with Crippen molar-refractivity contribution in [3.8, 4) is 5.75 Å². The van der Waals surface area contributed by atoms with Gasteiger partial charge in [-0.05, 0) is 32.5 Å². The molecule has 3 heteroatoms. The van der Waals surface area contributed by atoms with E-state index in [2.05, 4.69) is 37.1 Å². The summed E-state index contributed by atoms with van der Waals surface area (Å²) in [6.07, 6.45) is 1.28. The Labute approximate surface area is 109 Å². The van der Waals surface area contributed by atoms with Gasteiger partial charge in [-0.2, -0.15) is 0 Å². The molecule has 0 spiro atoms. The molecule has 2 atom stereocenters. The molecule has 0 bridgehead atoms. The molecule has 2 rings (SSSR count). The minimum Gasteiger partial charge on any atom is -0.488 e. The molecule has 2 nitrogen and oxygen atoms in total. The van der Waals surface area contributed by atoms with Crippen molar-refractivity contribution >= 4 is 11.6 Å². The van der Waals surface area contributed by atoms with E-state index in [0.717, 1.165) is 25.3 Å². The van der Waals surface area contributed by atoms with Crippen LogP contribution in [0, 0.1) is 6.92 Å². The molecule has 1 heterocycles. The van der Waals surface area contributed by atoms with Gasteiger partial charge in [0.1, 0.15) is 11.9 Å². The van der Waals surface area contributed by atoms with Crippen molar-refractivity contribution in [3.63, 3.8) is 0 Å². The molecule has 0 saturated heterocycles. The van der Waals surface area contributed by atoms with Crippen molar-refractivity contribution in [2.75, 3.05) is 20.1 Å². The average molecular weight is 254 g/mol. The summed E-state index contributed by atoms with van der Waals surface area (Å²) in [6, 6.07) is 6.40. The van der Waals surface area contributed by atoms with Crippen LogP contribution in [0.5, 0.6) is 5.75 Å². The van der Waals surface area contributed by atoms with Gasteiger partial charge in [-0.3, -0.25) is 0 Å². The van der Waals surface area contributed by atoms with E-state index in [1.165, 1.54) is 11.1 Å². The van der Waals surface area contributed by atoms with E-state index in [4.69, 9.17) is 16.3 Å². The molecule has 0 amide bonds. The Hall–Kier alpha value is -0.730. The van der Waals surface area contributed by atoms with Crippen molar-refractivity contribution < 1.29 is 4.74 Å². The van der Waals surface area contributed by atoms with Crippen LogP contribution in [-0.4, -0.2) is 36.5 Å². The number of ether oxygens (including phenoxy) is 1. The highest BCUT2D eigenvalue weighted by atomic mass is 35.5. The minimum absolute atomic E-state index is 0.186. The molecule has 17 heavy (non-hydrogen) atoms. The molecular formula is C14H20ClNO. The first-order chi connectivity index (χ1) is 8.04. The van der Waals surface area contributed by atoms with Crippen LogP contribution in [-0.2, 0) is 6.42 Å². The van der Waals surface area contributed by atoms with Gasteiger partial charge in [-0.25, -0.2) is 0 Å². The lowest BCUT2D eigenvalue weighted by molar-refractivity contribution is 0.169. The summed E-state index contributed by atoms with van der Waals surface area (Å²) >= 11 is 5.99. The predicted octanol–water partition coefficient (Wildman–Crippen LogP) is 2.86. The summed E-state index contributed by atoms with van der Waals surface area (Å²) in [7, 11) is 2.09. The fourth-order valence-electron chi connectivity index (χ4n) is 2.40. The maximum absolute atomic E-state index is 5.99. The second-order valence-corrected chi connectivity index (χ2v) is 5.80. The van der Waals surface area contributed by atoms with Crippen molar-refractivity contribution in [1.29, 1.82) is 0 Å². The van der Waals surface area contributed by atoms with Gasteiger partial charge in [0.2, 0.25) is 0 Å². The van der Waals surface area contributed by atoms with Gasteiger partial charge in [-0.1, -0.05) is 17.7 Å². The summed E-state index contributed by atoms with van der Waals surface area (Å²) < 4.78 is 5.93. The Morgan fingerprint density at radius 3 is 3.00 bits per heavy atom. The maximum Gasteiger partial charge on any atom is 0.123 e. The quantitative estimate of drug-likeness (QED) is 0.765. The summed E-state index contributed by atoms with van der Waals surface area (Å²) in [5.41, 5.74) is 2.64. The van der Waals surface area contributed by atoms with Gasteiger partial charge >= 0.3 is 0 Å². The van der Waals surface area contributed by atoms with Crippen molar-refractivity contribution in [2.45, 2.75) is 31.7 Å². The van der Waals surface area contributed by atoms with Gasteiger partial charge in [0.15, 0.2) is 0 Å². The molecule has 0 fully saturated rings. The Bertz CT molecular complexity index is 392. The molecule has 0 saturated carbocycles. The van der Waals surface area contributed by atoms with Gasteiger partial charge in [0.25, 0.3) is 0 Å². The van der Waals surface area contributed by atoms with E-state index in [1.807, 2.05) is 6.92 Å². The van der Waals surface area contributed by atoms with Crippen LogP contribution in [0.3, 0.4) is 0 Å². The summed E-state index contributed by atoms with van der Waals surface area (Å²) in [6.45, 7) is 5.97. The Morgan fingerprint density at radius 1 is 1.53 bits per heavy atom. The molecule has 0 aromatic heterocycles. The van der Waals surface area contributed by atoms with Gasteiger partial charge in [0.05, 0.1) is 0 Å². The largest absolute Gasteiger partial charge is 0.488 e. The Morgan fingerprint density at radius 2 is 2.29 bits per heavy atom. The number of benzene rings is 1. The van der Waals surface area contributed by atoms with E-state index in [0.29, 0.717) is 0 Å². The molecule has 2 unspecified atom stereocenters. The zero-order valence-corrected chi connectivity index (χ0v) is 11.5. The van der Waals surface area contributed by atoms with Crippen LogP contribution in [0.2, 0.25) is 0 Å². The number of likely N-dealkylation sites (N-methyl/N-ethyl adjacent to an activating group) is 1. The summed E-state index contributed by atoms with van der Waals surface area (Å²) in [4.78, 5) is 2.24. The van der Waals surface area contributed by atoms with E-state index in [9.17, 15) is 0 Å². The second-order valence-electron chi connectivity index (χ2n) is 5.06. The van der Waals surface area contributed by atoms with Crippen molar-refractivity contribution in [3.05, 3.63) is 29.3 Å². The number of fused-ring (bicyclic) bond motifs is 1. The molecule has 0 radical (unpaired) electrons. The molecule has 0 N–H and O–H groups in total. The normalized spacial score (nSPS) is 20.2. The number of hydrogen-bond acceptors (Lipinski definition) is 2. The Balaban J connectivity index is 1.92. The lowest BCUT2D eigenvalue weighted by Gasteiger charge is -2.21. The topological polar surface area (TPSA) is 12.5 Å². The summed E-state index contributed by atoms with van der Waals surface area (Å²) in [5.74, 6) is 1.05. The first-order valence-electron chi connectivity index (χ1n) is 6.13. The molecular weight excluding hydrogens is 234 g/mol. The van der Waals surface area contributed by atoms with Crippen LogP contribution in [0.15, 0.2) is 18.2 Å². The lowest BCUT2D eigenvalue weighted by Crippen LogP contribution is -2.34. The maximum atomic E-state index is 5.99. The Kier molecular flexibility index (Phi) is 3.95. The van der Waals surface area contributed by atoms with E-state index in [-0.39, 0.29) is 11.5 Å². The molecule has 0 aliphatic carbocycles. The second kappa shape index (κ2) is 5.28. The zero-order chi connectivity index (χ0) is 12.4. The number of nitrogens with zero attached hydrogens (tertiary/aromatic N) is 1. The van der Waals surface area contributed by atoms with Crippen LogP contribution in [0.1, 0.15) is 18.1 Å². The van der Waals surface area contributed by atoms with Gasteiger partial charge < -0.3 is 9.64 Å². The van der Waals surface area contributed by atoms with E-state index < -0.39 is 0 Å². The SMILES string of the molecule is Cc1ccc2c(c1)CC(CN(C)CC(C)Cl)O2. The fraction of sp³-hybridized carbons (Fsp3) is 0.571. The van der Waals surface area contributed by atoms with Gasteiger partial charge in [0, 0.05) is 24.9 Å². The number of rotatable bonds is 4. The molecule has 1 aromatic rings. The number of alkyl halides is 1. The molecule has 1 aliphatic heterocycles. The van der Waals surface area contributed by atoms with Crippen molar-refractivity contribution in [2.24, 2.45) is 0 Å². The molecule has 1 aliphatic rings. The third kappa shape index (κ3) is 3.36. The van der Waals surface area contributed by atoms with Crippen molar-refractivity contribution in [1.82, 2.24) is 4.90 Å². The smallest absolute Gasteiger partial charge is 0.123 e. The minimum atomic E-state index is 0.186. The molecule has 94 valence electrons. The summed E-state index contributed by atoms with van der Waals surface area (Å²) in [5, 5.41) is 0.186. The highest BCUT2D eigenvalue weighted by Gasteiger charge is 2.24. The zero-order valence-electron chi connectivity index (χ0n) is 10.7. The average Bonchev–Trinajstić information content (AvgIpc) is 2.57. The molecule has 1 aromatic carbocycles. The van der Waals surface area contributed by atoms with Crippen LogP contribution >= 0.6 is 11.6 Å². The highest BCUT2D eigenvalue weighted by molar-refractivity contribution is 6.20. The van der Waals surface area contributed by atoms with Crippen LogP contribution < -0.4 is 4.74 Å². The number of aryl methyl sites for hydroxylation is 1. The predicted molar refractivity (Wildman–Crippen MR) is 72.1 cm³/mol. The standard InChI is InChI=1S/C14H20ClNO/c1-10-4-5-14-12(6-10)7-13(17-14)9-16(3)8-11(2)15/h4-6,11,13H,7-9H2,1-3H3. The van der Waals surface area contributed by atoms with Crippen LogP contribution in [0.25, 0.3) is 0 Å². The number of halogens is 1. The van der Waals surface area contributed by atoms with E-state index >= 15 is 0 Å². The van der Waals surface area contributed by atoms with E-state index in [1.54, 1.807) is 0 Å². The third-order valence-corrected chi connectivity index (χ3v) is 3.17. The van der Waals surface area contributed by atoms with Gasteiger partial charge in [-0.15, -0.1) is 11.6 Å². The fourth-order valence-corrected chi connectivity index (χ4v) is 2.64. The lowest BCUT2D eigenvalue weighted by atomic mass is 10.1. The third-order valence-electron chi connectivity index (χ3n) is 3.04.